The molecule has 0 unspecified atom stereocenters. The lowest BCUT2D eigenvalue weighted by atomic mass is 10.00. The van der Waals surface area contributed by atoms with Gasteiger partial charge in [0.15, 0.2) is 23.0 Å². The van der Waals surface area contributed by atoms with Crippen molar-refractivity contribution in [3.05, 3.63) is 35.4 Å². The molecule has 7 heteroatoms. The number of hydrogen-bond donors (Lipinski definition) is 2. The number of rotatable bonds is 6. The number of phenols is 2. The zero-order valence-electron chi connectivity index (χ0n) is 13.7. The van der Waals surface area contributed by atoms with Crippen molar-refractivity contribution in [1.29, 1.82) is 0 Å². The Bertz CT molecular complexity index is 705. The maximum Gasteiger partial charge on any atom is 0.200 e. The van der Waals surface area contributed by atoms with Crippen LogP contribution in [0.2, 0.25) is 0 Å². The van der Waals surface area contributed by atoms with Gasteiger partial charge in [0.05, 0.1) is 39.6 Å². The Balaban J connectivity index is 2.57. The van der Waals surface area contributed by atoms with Gasteiger partial charge in [-0.2, -0.15) is 0 Å². The van der Waals surface area contributed by atoms with Crippen LogP contribution in [0.5, 0.6) is 34.5 Å². The molecule has 0 aliphatic rings. The minimum absolute atomic E-state index is 0.0461. The van der Waals surface area contributed by atoms with Gasteiger partial charge in [0.1, 0.15) is 11.5 Å². The topological polar surface area (TPSA) is 94.5 Å². The average Bonchev–Trinajstić information content (AvgIpc) is 2.60. The minimum Gasteiger partial charge on any atom is -0.507 e. The van der Waals surface area contributed by atoms with Crippen LogP contribution >= 0.6 is 0 Å². The molecule has 7 nitrogen and oxygen atoms in total. The van der Waals surface area contributed by atoms with Crippen LogP contribution in [-0.4, -0.2) is 44.4 Å². The number of phenolic OH excluding ortho intramolecular Hbond substituents is 2. The third kappa shape index (κ3) is 3.01. The van der Waals surface area contributed by atoms with Gasteiger partial charge >= 0.3 is 0 Å². The second-order valence-electron chi connectivity index (χ2n) is 4.78. The van der Waals surface area contributed by atoms with Crippen LogP contribution in [0.25, 0.3) is 0 Å². The number of methoxy groups -OCH3 is 4. The van der Waals surface area contributed by atoms with Gasteiger partial charge in [-0.3, -0.25) is 4.79 Å². The maximum absolute atomic E-state index is 12.7. The molecule has 0 heterocycles. The van der Waals surface area contributed by atoms with Gasteiger partial charge in [-0.1, -0.05) is 0 Å². The van der Waals surface area contributed by atoms with E-state index in [1.807, 2.05) is 0 Å². The number of carbonyl (C=O) groups is 1. The second kappa shape index (κ2) is 6.99. The van der Waals surface area contributed by atoms with E-state index in [9.17, 15) is 15.0 Å². The van der Waals surface area contributed by atoms with E-state index in [1.165, 1.54) is 52.7 Å². The number of hydrogen-bond acceptors (Lipinski definition) is 7. The molecule has 128 valence electrons. The van der Waals surface area contributed by atoms with Crippen LogP contribution in [0.4, 0.5) is 0 Å². The van der Waals surface area contributed by atoms with E-state index in [1.54, 1.807) is 0 Å². The lowest BCUT2D eigenvalue weighted by molar-refractivity contribution is 0.103. The number of aromatic hydroxyl groups is 2. The predicted octanol–water partition coefficient (Wildman–Crippen LogP) is 2.36. The molecule has 0 aliphatic heterocycles. The molecule has 0 fully saturated rings. The number of benzene rings is 2. The Morgan fingerprint density at radius 1 is 0.667 bits per heavy atom. The summed E-state index contributed by atoms with van der Waals surface area (Å²) in [5.41, 5.74) is -0.0923. The van der Waals surface area contributed by atoms with Crippen molar-refractivity contribution < 1.29 is 34.0 Å². The molecule has 0 saturated heterocycles. The zero-order valence-corrected chi connectivity index (χ0v) is 13.7. The Morgan fingerprint density at radius 2 is 0.958 bits per heavy atom. The van der Waals surface area contributed by atoms with Crippen molar-refractivity contribution >= 4 is 5.78 Å². The predicted molar refractivity (Wildman–Crippen MR) is 85.9 cm³/mol. The maximum atomic E-state index is 12.7. The molecule has 0 bridgehead atoms. The highest BCUT2D eigenvalue weighted by molar-refractivity contribution is 6.13. The highest BCUT2D eigenvalue weighted by atomic mass is 16.5. The quantitative estimate of drug-likeness (QED) is 0.783. The Labute approximate surface area is 139 Å². The van der Waals surface area contributed by atoms with Gasteiger partial charge in [0.2, 0.25) is 5.78 Å². The standard InChI is InChI=1S/C17H18O7/c1-21-13-5-9(11(18)7-15(13)23-3)17(20)10-6-14(22-2)16(24-4)8-12(10)19/h5-8,18-19H,1-4H3. The number of carbonyl (C=O) groups excluding carboxylic acids is 1. The summed E-state index contributed by atoms with van der Waals surface area (Å²) in [6.07, 6.45) is 0. The smallest absolute Gasteiger partial charge is 0.200 e. The first-order chi connectivity index (χ1) is 11.5. The third-order valence-electron chi connectivity index (χ3n) is 3.49. The fourth-order valence-electron chi connectivity index (χ4n) is 2.25. The van der Waals surface area contributed by atoms with Crippen LogP contribution in [0.3, 0.4) is 0 Å². The van der Waals surface area contributed by atoms with E-state index in [2.05, 4.69) is 0 Å². The first kappa shape index (κ1) is 17.3. The summed E-state index contributed by atoms with van der Waals surface area (Å²) in [6.45, 7) is 0. The average molecular weight is 334 g/mol. The van der Waals surface area contributed by atoms with Gasteiger partial charge in [0, 0.05) is 12.1 Å². The van der Waals surface area contributed by atoms with E-state index in [4.69, 9.17) is 18.9 Å². The van der Waals surface area contributed by atoms with Crippen molar-refractivity contribution in [3.63, 3.8) is 0 Å². The molecule has 0 radical (unpaired) electrons. The van der Waals surface area contributed by atoms with E-state index < -0.39 is 5.78 Å². The van der Waals surface area contributed by atoms with Crippen LogP contribution < -0.4 is 18.9 Å². The Hall–Kier alpha value is -3.09. The van der Waals surface area contributed by atoms with Gasteiger partial charge < -0.3 is 29.2 Å². The fourth-order valence-corrected chi connectivity index (χ4v) is 2.25. The zero-order chi connectivity index (χ0) is 17.9. The molecular weight excluding hydrogens is 316 g/mol. The largest absolute Gasteiger partial charge is 0.507 e. The number of ether oxygens (including phenoxy) is 4. The number of ketones is 1. The summed E-state index contributed by atoms with van der Waals surface area (Å²) >= 11 is 0. The SMILES string of the molecule is COc1cc(O)c(C(=O)c2cc(OC)c(OC)cc2O)cc1OC. The van der Waals surface area contributed by atoms with Gasteiger partial charge in [0.25, 0.3) is 0 Å². The van der Waals surface area contributed by atoms with E-state index >= 15 is 0 Å². The van der Waals surface area contributed by atoms with Crippen molar-refractivity contribution in [2.24, 2.45) is 0 Å². The molecule has 2 aromatic carbocycles. The third-order valence-corrected chi connectivity index (χ3v) is 3.49. The summed E-state index contributed by atoms with van der Waals surface area (Å²) in [4.78, 5) is 12.7. The fraction of sp³-hybridized carbons (Fsp3) is 0.235. The highest BCUT2D eigenvalue weighted by Crippen LogP contribution is 2.39. The normalized spacial score (nSPS) is 10.2. The summed E-state index contributed by atoms with van der Waals surface area (Å²) in [5.74, 6) is -0.0889. The molecule has 24 heavy (non-hydrogen) atoms. The molecular formula is C17H18O7. The Morgan fingerprint density at radius 3 is 1.25 bits per heavy atom. The van der Waals surface area contributed by atoms with Crippen molar-refractivity contribution in [2.75, 3.05) is 28.4 Å². The molecule has 0 amide bonds. The summed E-state index contributed by atoms with van der Waals surface area (Å²) in [6, 6.07) is 5.22. The van der Waals surface area contributed by atoms with Crippen LogP contribution in [0.15, 0.2) is 24.3 Å². The summed E-state index contributed by atoms with van der Waals surface area (Å²) < 4.78 is 20.4. The van der Waals surface area contributed by atoms with Gasteiger partial charge in [-0.25, -0.2) is 0 Å². The van der Waals surface area contributed by atoms with Crippen LogP contribution in [0, 0.1) is 0 Å². The molecule has 2 rings (SSSR count). The lowest BCUT2D eigenvalue weighted by Gasteiger charge is -2.13. The highest BCUT2D eigenvalue weighted by Gasteiger charge is 2.22. The lowest BCUT2D eigenvalue weighted by Crippen LogP contribution is -2.05. The van der Waals surface area contributed by atoms with E-state index in [0.29, 0.717) is 0 Å². The molecule has 0 saturated carbocycles. The summed E-state index contributed by atoms with van der Waals surface area (Å²) in [7, 11) is 5.66. The van der Waals surface area contributed by atoms with Crippen molar-refractivity contribution in [1.82, 2.24) is 0 Å². The molecule has 0 atom stereocenters. The van der Waals surface area contributed by atoms with Gasteiger partial charge in [-0.05, 0) is 12.1 Å². The molecule has 0 aromatic heterocycles. The first-order valence-corrected chi connectivity index (χ1v) is 6.91. The second-order valence-corrected chi connectivity index (χ2v) is 4.78. The van der Waals surface area contributed by atoms with Crippen molar-refractivity contribution in [2.45, 2.75) is 0 Å². The molecule has 0 aliphatic carbocycles. The summed E-state index contributed by atoms with van der Waals surface area (Å²) in [5, 5.41) is 20.2. The van der Waals surface area contributed by atoms with Crippen LogP contribution in [-0.2, 0) is 0 Å². The van der Waals surface area contributed by atoms with Crippen LogP contribution in [0.1, 0.15) is 15.9 Å². The minimum atomic E-state index is -0.605. The monoisotopic (exact) mass is 334 g/mol. The molecule has 2 N–H and O–H groups in total. The van der Waals surface area contributed by atoms with E-state index in [-0.39, 0.29) is 45.6 Å². The van der Waals surface area contributed by atoms with E-state index in [0.717, 1.165) is 0 Å². The molecule has 0 spiro atoms. The first-order valence-electron chi connectivity index (χ1n) is 6.91. The van der Waals surface area contributed by atoms with Crippen molar-refractivity contribution in [3.8, 4) is 34.5 Å². The Kier molecular flexibility index (Phi) is 5.03. The van der Waals surface area contributed by atoms with Gasteiger partial charge in [-0.15, -0.1) is 0 Å². The molecule has 2 aromatic rings.